The number of halogens is 4. The van der Waals surface area contributed by atoms with Crippen LogP contribution in [0, 0.1) is 0 Å². The minimum absolute atomic E-state index is 0.0826. The molecule has 0 unspecified atom stereocenters. The van der Waals surface area contributed by atoms with Gasteiger partial charge in [0, 0.05) is 12.2 Å². The quantitative estimate of drug-likeness (QED) is 0.930. The van der Waals surface area contributed by atoms with Crippen molar-refractivity contribution in [2.45, 2.75) is 39.4 Å². The molecule has 4 nitrogen and oxygen atoms in total. The van der Waals surface area contributed by atoms with Crippen molar-refractivity contribution < 1.29 is 18.0 Å². The number of hydrogen-bond donors (Lipinski definition) is 1. The van der Waals surface area contributed by atoms with Gasteiger partial charge in [-0.05, 0) is 26.3 Å². The Morgan fingerprint density at radius 2 is 2.09 bits per heavy atom. The molecule has 2 aromatic rings. The first kappa shape index (κ1) is 16.6. The van der Waals surface area contributed by atoms with Gasteiger partial charge >= 0.3 is 6.18 Å². The Labute approximate surface area is 130 Å². The van der Waals surface area contributed by atoms with Crippen LogP contribution in [0.2, 0.25) is 5.02 Å². The number of fused-ring (bicyclic) bond motifs is 1. The molecule has 0 aliphatic heterocycles. The molecule has 2 rings (SSSR count). The number of carbonyl (C=O) groups excluding carboxylic acids is 1. The second-order valence-corrected chi connectivity index (χ2v) is 5.56. The highest BCUT2D eigenvalue weighted by molar-refractivity contribution is 6.33. The van der Waals surface area contributed by atoms with Crippen LogP contribution in [0.5, 0.6) is 0 Å². The lowest BCUT2D eigenvalue weighted by Gasteiger charge is -2.11. The van der Waals surface area contributed by atoms with Gasteiger partial charge in [-0.2, -0.15) is 13.2 Å². The number of amides is 1. The Kier molecular flexibility index (Phi) is 4.37. The minimum Gasteiger partial charge on any atom is -0.349 e. The van der Waals surface area contributed by atoms with Crippen LogP contribution in [-0.4, -0.2) is 21.3 Å². The molecule has 0 aliphatic rings. The molecular formula is C14H15ClF3N3O. The van der Waals surface area contributed by atoms with Crippen LogP contribution >= 0.6 is 11.6 Å². The highest BCUT2D eigenvalue weighted by atomic mass is 35.5. The Bertz CT molecular complexity index is 722. The third kappa shape index (κ3) is 3.04. The van der Waals surface area contributed by atoms with E-state index in [0.717, 1.165) is 16.7 Å². The van der Waals surface area contributed by atoms with Crippen molar-refractivity contribution in [2.24, 2.45) is 0 Å². The fourth-order valence-corrected chi connectivity index (χ4v) is 2.37. The number of aromatic nitrogens is 2. The number of rotatable bonds is 3. The molecule has 0 radical (unpaired) electrons. The van der Waals surface area contributed by atoms with Crippen LogP contribution in [0.4, 0.5) is 13.2 Å². The summed E-state index contributed by atoms with van der Waals surface area (Å²) in [4.78, 5) is 16.5. The van der Waals surface area contributed by atoms with Gasteiger partial charge in [-0.1, -0.05) is 18.5 Å². The van der Waals surface area contributed by atoms with E-state index in [1.165, 1.54) is 0 Å². The van der Waals surface area contributed by atoms with Crippen LogP contribution in [0.1, 0.15) is 42.5 Å². The van der Waals surface area contributed by atoms with Gasteiger partial charge in [0.05, 0.1) is 16.3 Å². The molecule has 1 N–H and O–H groups in total. The van der Waals surface area contributed by atoms with E-state index < -0.39 is 17.6 Å². The van der Waals surface area contributed by atoms with Crippen molar-refractivity contribution in [3.63, 3.8) is 0 Å². The van der Waals surface area contributed by atoms with Gasteiger partial charge in [0.25, 0.3) is 5.91 Å². The number of imidazole rings is 1. The van der Waals surface area contributed by atoms with Gasteiger partial charge in [-0.25, -0.2) is 4.98 Å². The van der Waals surface area contributed by atoms with Crippen molar-refractivity contribution in [2.75, 3.05) is 0 Å². The fourth-order valence-electron chi connectivity index (χ4n) is 2.12. The number of nitrogens with one attached hydrogen (secondary N) is 1. The summed E-state index contributed by atoms with van der Waals surface area (Å²) in [7, 11) is 0. The summed E-state index contributed by atoms with van der Waals surface area (Å²) in [5.74, 6) is -0.477. The second kappa shape index (κ2) is 5.79. The molecule has 0 aromatic carbocycles. The molecule has 120 valence electrons. The standard InChI is InChI=1S/C14H15ClF3N3O/c1-4-10-11(13(22)19-7(2)3)21-6-8(14(16,17)18)5-9(15)12(21)20-10/h5-7H,4H2,1-3H3,(H,19,22). The van der Waals surface area contributed by atoms with Gasteiger partial charge in [-0.3, -0.25) is 9.20 Å². The lowest BCUT2D eigenvalue weighted by Crippen LogP contribution is -2.31. The van der Waals surface area contributed by atoms with Crippen molar-refractivity contribution >= 4 is 23.2 Å². The van der Waals surface area contributed by atoms with Gasteiger partial charge in [-0.15, -0.1) is 0 Å². The van der Waals surface area contributed by atoms with Crippen molar-refractivity contribution in [1.82, 2.24) is 14.7 Å². The lowest BCUT2D eigenvalue weighted by atomic mass is 10.2. The fraction of sp³-hybridized carbons (Fsp3) is 0.429. The first-order chi connectivity index (χ1) is 10.1. The summed E-state index contributed by atoms with van der Waals surface area (Å²) in [5.41, 5.74) is -0.303. The summed E-state index contributed by atoms with van der Waals surface area (Å²) < 4.78 is 39.9. The maximum absolute atomic E-state index is 12.9. The smallest absolute Gasteiger partial charge is 0.349 e. The van der Waals surface area contributed by atoms with E-state index in [9.17, 15) is 18.0 Å². The SMILES string of the molecule is CCc1nc2c(Cl)cc(C(F)(F)F)cn2c1C(=O)NC(C)C. The normalized spacial score (nSPS) is 12.2. The van der Waals surface area contributed by atoms with E-state index in [1.807, 2.05) is 0 Å². The molecule has 0 bridgehead atoms. The summed E-state index contributed by atoms with van der Waals surface area (Å²) in [6.07, 6.45) is -3.30. The lowest BCUT2D eigenvalue weighted by molar-refractivity contribution is -0.137. The summed E-state index contributed by atoms with van der Waals surface area (Å²) in [6.45, 7) is 5.30. The number of alkyl halides is 3. The molecule has 2 aromatic heterocycles. The predicted molar refractivity (Wildman–Crippen MR) is 77.2 cm³/mol. The third-order valence-corrected chi connectivity index (χ3v) is 3.32. The van der Waals surface area contributed by atoms with E-state index in [1.54, 1.807) is 20.8 Å². The van der Waals surface area contributed by atoms with Crippen LogP contribution in [-0.2, 0) is 12.6 Å². The first-order valence-electron chi connectivity index (χ1n) is 6.73. The third-order valence-electron chi connectivity index (χ3n) is 3.04. The van der Waals surface area contributed by atoms with E-state index in [0.29, 0.717) is 12.1 Å². The number of pyridine rings is 1. The number of aryl methyl sites for hydroxylation is 1. The average molecular weight is 334 g/mol. The van der Waals surface area contributed by atoms with Gasteiger partial charge in [0.1, 0.15) is 5.69 Å². The molecular weight excluding hydrogens is 319 g/mol. The summed E-state index contributed by atoms with van der Waals surface area (Å²) in [6, 6.07) is 0.664. The van der Waals surface area contributed by atoms with E-state index in [4.69, 9.17) is 11.6 Å². The van der Waals surface area contributed by atoms with E-state index in [2.05, 4.69) is 10.3 Å². The maximum Gasteiger partial charge on any atom is 0.417 e. The minimum atomic E-state index is -4.56. The number of hydrogen-bond acceptors (Lipinski definition) is 2. The van der Waals surface area contributed by atoms with Crippen molar-refractivity contribution in [3.05, 3.63) is 34.2 Å². The van der Waals surface area contributed by atoms with Gasteiger partial charge < -0.3 is 5.32 Å². The molecule has 0 saturated carbocycles. The van der Waals surface area contributed by atoms with Crippen LogP contribution in [0.3, 0.4) is 0 Å². The Balaban J connectivity index is 2.72. The highest BCUT2D eigenvalue weighted by Crippen LogP contribution is 2.33. The summed E-state index contributed by atoms with van der Waals surface area (Å²) in [5, 5.41) is 2.52. The van der Waals surface area contributed by atoms with Crippen molar-refractivity contribution in [3.8, 4) is 0 Å². The molecule has 1 amide bonds. The Hall–Kier alpha value is -1.76. The topological polar surface area (TPSA) is 46.4 Å². The van der Waals surface area contributed by atoms with Crippen LogP contribution < -0.4 is 5.32 Å². The largest absolute Gasteiger partial charge is 0.417 e. The summed E-state index contributed by atoms with van der Waals surface area (Å²) >= 11 is 5.91. The highest BCUT2D eigenvalue weighted by Gasteiger charge is 2.33. The molecule has 0 atom stereocenters. The molecule has 0 aliphatic carbocycles. The average Bonchev–Trinajstić information content (AvgIpc) is 2.75. The maximum atomic E-state index is 12.9. The zero-order valence-electron chi connectivity index (χ0n) is 12.3. The number of carbonyl (C=O) groups is 1. The van der Waals surface area contributed by atoms with Crippen molar-refractivity contribution in [1.29, 1.82) is 0 Å². The molecule has 0 spiro atoms. The predicted octanol–water partition coefficient (Wildman–Crippen LogP) is 3.71. The monoisotopic (exact) mass is 333 g/mol. The van der Waals surface area contributed by atoms with E-state index >= 15 is 0 Å². The van der Waals surface area contributed by atoms with Crippen LogP contribution in [0.15, 0.2) is 12.3 Å². The number of nitrogens with zero attached hydrogens (tertiary/aromatic N) is 2. The molecule has 0 fully saturated rings. The Morgan fingerprint density at radius 1 is 1.45 bits per heavy atom. The molecule has 0 saturated heterocycles. The zero-order chi connectivity index (χ0) is 16.7. The Morgan fingerprint density at radius 3 is 2.59 bits per heavy atom. The molecule has 2 heterocycles. The van der Waals surface area contributed by atoms with Gasteiger partial charge in [0.2, 0.25) is 0 Å². The second-order valence-electron chi connectivity index (χ2n) is 5.16. The molecule has 8 heteroatoms. The molecule has 22 heavy (non-hydrogen) atoms. The first-order valence-corrected chi connectivity index (χ1v) is 7.11. The van der Waals surface area contributed by atoms with Gasteiger partial charge in [0.15, 0.2) is 5.65 Å². The van der Waals surface area contributed by atoms with Crippen LogP contribution in [0.25, 0.3) is 5.65 Å². The zero-order valence-corrected chi connectivity index (χ0v) is 13.0. The van der Waals surface area contributed by atoms with E-state index in [-0.39, 0.29) is 22.4 Å².